The van der Waals surface area contributed by atoms with E-state index in [9.17, 15) is 13.2 Å². The van der Waals surface area contributed by atoms with Crippen molar-refractivity contribution in [2.24, 2.45) is 7.05 Å². The monoisotopic (exact) mass is 419 g/mol. The number of nitrogens with zero attached hydrogens (tertiary/aromatic N) is 2. The van der Waals surface area contributed by atoms with Gasteiger partial charge in [-0.15, -0.1) is 0 Å². The molecule has 0 aliphatic rings. The number of amides is 1. The van der Waals surface area contributed by atoms with Gasteiger partial charge in [0, 0.05) is 24.9 Å². The molecule has 1 N–H and O–H groups in total. The SMILES string of the molecule is COc1ccc(Cl)c(S(=O)(=O)NC(=O)c2cn(C)c(-c3ccccc3C)n2)c1. The molecule has 0 radical (unpaired) electrons. The van der Waals surface area contributed by atoms with E-state index >= 15 is 0 Å². The van der Waals surface area contributed by atoms with Crippen LogP contribution < -0.4 is 9.46 Å². The molecule has 28 heavy (non-hydrogen) atoms. The number of imidazole rings is 1. The summed E-state index contributed by atoms with van der Waals surface area (Å²) in [5.74, 6) is 0.00582. The smallest absolute Gasteiger partial charge is 0.285 e. The largest absolute Gasteiger partial charge is 0.497 e. The van der Waals surface area contributed by atoms with Crippen LogP contribution in [0.25, 0.3) is 11.4 Å². The van der Waals surface area contributed by atoms with Crippen LogP contribution in [0.5, 0.6) is 5.75 Å². The Bertz CT molecular complexity index is 1160. The topological polar surface area (TPSA) is 90.3 Å². The highest BCUT2D eigenvalue weighted by atomic mass is 35.5. The van der Waals surface area contributed by atoms with Gasteiger partial charge >= 0.3 is 0 Å². The average Bonchev–Trinajstić information content (AvgIpc) is 3.04. The van der Waals surface area contributed by atoms with E-state index in [2.05, 4.69) is 4.98 Å². The van der Waals surface area contributed by atoms with Gasteiger partial charge in [0.2, 0.25) is 0 Å². The Morgan fingerprint density at radius 1 is 1.21 bits per heavy atom. The lowest BCUT2D eigenvalue weighted by atomic mass is 10.1. The van der Waals surface area contributed by atoms with Crippen molar-refractivity contribution >= 4 is 27.5 Å². The van der Waals surface area contributed by atoms with E-state index in [0.717, 1.165) is 11.1 Å². The van der Waals surface area contributed by atoms with Crippen LogP contribution in [-0.4, -0.2) is 31.0 Å². The number of carbonyl (C=O) groups excluding carboxylic acids is 1. The molecule has 146 valence electrons. The number of methoxy groups -OCH3 is 1. The number of hydrogen-bond donors (Lipinski definition) is 1. The van der Waals surface area contributed by atoms with E-state index in [1.165, 1.54) is 31.5 Å². The number of carbonyl (C=O) groups is 1. The number of aryl methyl sites for hydroxylation is 2. The molecular weight excluding hydrogens is 402 g/mol. The lowest BCUT2D eigenvalue weighted by molar-refractivity contribution is 0.0977. The number of hydrogen-bond acceptors (Lipinski definition) is 5. The Kier molecular flexibility index (Phi) is 5.44. The summed E-state index contributed by atoms with van der Waals surface area (Å²) in [4.78, 5) is 16.6. The minimum atomic E-state index is -4.21. The van der Waals surface area contributed by atoms with Gasteiger partial charge in [-0.05, 0) is 24.6 Å². The summed E-state index contributed by atoms with van der Waals surface area (Å²) >= 11 is 5.99. The van der Waals surface area contributed by atoms with Crippen molar-refractivity contribution in [3.8, 4) is 17.1 Å². The molecule has 2 aromatic carbocycles. The predicted molar refractivity (Wildman–Crippen MR) is 106 cm³/mol. The fraction of sp³-hybridized carbons (Fsp3) is 0.158. The highest BCUT2D eigenvalue weighted by Crippen LogP contribution is 2.26. The third kappa shape index (κ3) is 3.88. The normalized spacial score (nSPS) is 11.3. The third-order valence-corrected chi connectivity index (χ3v) is 5.96. The van der Waals surface area contributed by atoms with Crippen molar-refractivity contribution < 1.29 is 17.9 Å². The second-order valence-corrected chi connectivity index (χ2v) is 8.16. The molecule has 1 amide bonds. The number of benzene rings is 2. The molecule has 1 aromatic heterocycles. The Balaban J connectivity index is 1.92. The summed E-state index contributed by atoms with van der Waals surface area (Å²) in [7, 11) is -1.07. The predicted octanol–water partition coefficient (Wildman–Crippen LogP) is 3.18. The van der Waals surface area contributed by atoms with E-state index in [-0.39, 0.29) is 15.6 Å². The number of nitrogens with one attached hydrogen (secondary N) is 1. The summed E-state index contributed by atoms with van der Waals surface area (Å²) in [5.41, 5.74) is 1.81. The van der Waals surface area contributed by atoms with Crippen LogP contribution in [0.15, 0.2) is 53.6 Å². The Hall–Kier alpha value is -2.84. The summed E-state index contributed by atoms with van der Waals surface area (Å²) in [6, 6.07) is 11.7. The van der Waals surface area contributed by atoms with Gasteiger partial charge in [-0.3, -0.25) is 4.79 Å². The van der Waals surface area contributed by atoms with Crippen LogP contribution in [0, 0.1) is 6.92 Å². The van der Waals surface area contributed by atoms with Crippen molar-refractivity contribution in [3.05, 3.63) is 64.9 Å². The Morgan fingerprint density at radius 2 is 1.93 bits per heavy atom. The van der Waals surface area contributed by atoms with Gasteiger partial charge in [0.05, 0.1) is 12.1 Å². The summed E-state index contributed by atoms with van der Waals surface area (Å²) in [6.07, 6.45) is 1.47. The molecule has 0 fully saturated rings. The first kappa shape index (κ1) is 19.9. The second kappa shape index (κ2) is 7.65. The van der Waals surface area contributed by atoms with Gasteiger partial charge in [0.1, 0.15) is 22.2 Å². The third-order valence-electron chi connectivity index (χ3n) is 4.15. The lowest BCUT2D eigenvalue weighted by Crippen LogP contribution is -2.31. The van der Waals surface area contributed by atoms with E-state index in [0.29, 0.717) is 11.6 Å². The molecule has 0 bridgehead atoms. The number of sulfonamides is 1. The molecule has 0 unspecified atom stereocenters. The molecule has 0 saturated heterocycles. The summed E-state index contributed by atoms with van der Waals surface area (Å²) in [6.45, 7) is 1.93. The van der Waals surface area contributed by atoms with E-state index < -0.39 is 15.9 Å². The van der Waals surface area contributed by atoms with Gasteiger partial charge < -0.3 is 9.30 Å². The number of aromatic nitrogens is 2. The number of ether oxygens (including phenoxy) is 1. The van der Waals surface area contributed by atoms with Crippen molar-refractivity contribution in [1.29, 1.82) is 0 Å². The van der Waals surface area contributed by atoms with Crippen LogP contribution >= 0.6 is 11.6 Å². The van der Waals surface area contributed by atoms with Crippen LogP contribution in [0.2, 0.25) is 5.02 Å². The van der Waals surface area contributed by atoms with Gasteiger partial charge in [0.15, 0.2) is 0 Å². The Morgan fingerprint density at radius 3 is 2.61 bits per heavy atom. The first-order valence-electron chi connectivity index (χ1n) is 8.23. The fourth-order valence-electron chi connectivity index (χ4n) is 2.70. The van der Waals surface area contributed by atoms with Crippen molar-refractivity contribution in [3.63, 3.8) is 0 Å². The molecular formula is C19H18ClN3O4S. The molecule has 1 heterocycles. The minimum absolute atomic E-state index is 0.0247. The maximum Gasteiger partial charge on any atom is 0.285 e. The van der Waals surface area contributed by atoms with Gasteiger partial charge in [-0.1, -0.05) is 35.9 Å². The molecule has 3 aromatic rings. The standard InChI is InChI=1S/C19H18ClN3O4S/c1-12-6-4-5-7-14(12)18-21-16(11-23(18)2)19(24)22-28(25,26)17-10-13(27-3)8-9-15(17)20/h4-11H,1-3H3,(H,22,24). The highest BCUT2D eigenvalue weighted by molar-refractivity contribution is 7.90. The van der Waals surface area contributed by atoms with Gasteiger partial charge in [-0.25, -0.2) is 18.1 Å². The van der Waals surface area contributed by atoms with Crippen LogP contribution in [-0.2, 0) is 17.1 Å². The zero-order chi connectivity index (χ0) is 20.5. The van der Waals surface area contributed by atoms with Crippen LogP contribution in [0.4, 0.5) is 0 Å². The fourth-order valence-corrected chi connectivity index (χ4v) is 4.17. The molecule has 0 aliphatic heterocycles. The molecule has 3 rings (SSSR count). The van der Waals surface area contributed by atoms with E-state index in [4.69, 9.17) is 16.3 Å². The lowest BCUT2D eigenvalue weighted by Gasteiger charge is -2.09. The van der Waals surface area contributed by atoms with Crippen molar-refractivity contribution in [2.45, 2.75) is 11.8 Å². The van der Waals surface area contributed by atoms with E-state index in [1.807, 2.05) is 35.9 Å². The van der Waals surface area contributed by atoms with Crippen LogP contribution in [0.1, 0.15) is 16.1 Å². The van der Waals surface area contributed by atoms with Gasteiger partial charge in [-0.2, -0.15) is 0 Å². The first-order valence-corrected chi connectivity index (χ1v) is 10.1. The van der Waals surface area contributed by atoms with E-state index in [1.54, 1.807) is 11.6 Å². The summed E-state index contributed by atoms with van der Waals surface area (Å²) < 4.78 is 33.9. The quantitative estimate of drug-likeness (QED) is 0.685. The molecule has 9 heteroatoms. The minimum Gasteiger partial charge on any atom is -0.497 e. The van der Waals surface area contributed by atoms with Gasteiger partial charge in [0.25, 0.3) is 15.9 Å². The van der Waals surface area contributed by atoms with Crippen molar-refractivity contribution in [2.75, 3.05) is 7.11 Å². The highest BCUT2D eigenvalue weighted by Gasteiger charge is 2.24. The molecule has 0 aliphatic carbocycles. The summed E-state index contributed by atoms with van der Waals surface area (Å²) in [5, 5.41) is -0.0253. The second-order valence-electron chi connectivity index (χ2n) is 6.11. The number of halogens is 1. The van der Waals surface area contributed by atoms with Crippen molar-refractivity contribution in [1.82, 2.24) is 14.3 Å². The first-order chi connectivity index (χ1) is 13.2. The molecule has 0 spiro atoms. The zero-order valence-electron chi connectivity index (χ0n) is 15.4. The molecule has 0 atom stereocenters. The maximum absolute atomic E-state index is 12.6. The number of rotatable bonds is 5. The zero-order valence-corrected chi connectivity index (χ0v) is 17.0. The molecule has 7 nitrogen and oxygen atoms in total. The Labute approximate surface area is 168 Å². The maximum atomic E-state index is 12.6. The van der Waals surface area contributed by atoms with Crippen LogP contribution in [0.3, 0.4) is 0 Å². The average molecular weight is 420 g/mol. The molecule has 0 saturated carbocycles.